The molecule has 0 fully saturated rings. The zero-order valence-electron chi connectivity index (χ0n) is 23.4. The van der Waals surface area contributed by atoms with Crippen molar-refractivity contribution in [3.8, 4) is 5.75 Å². The molecule has 4 aromatic rings. The van der Waals surface area contributed by atoms with Crippen molar-refractivity contribution >= 4 is 35.0 Å². The lowest BCUT2D eigenvalue weighted by atomic mass is 10.1. The molecule has 0 radical (unpaired) electrons. The van der Waals surface area contributed by atoms with Gasteiger partial charge in [-0.15, -0.1) is 0 Å². The lowest BCUT2D eigenvalue weighted by molar-refractivity contribution is -0.133. The molecule has 0 aliphatic rings. The minimum atomic E-state index is -0.244. The number of halogens is 2. The number of carbonyl (C=O) groups excluding carboxylic acids is 2. The molecule has 8 heteroatoms. The van der Waals surface area contributed by atoms with Crippen LogP contribution in [0.1, 0.15) is 46.9 Å². The monoisotopic (exact) mass is 591 g/mol. The second kappa shape index (κ2) is 14.8. The van der Waals surface area contributed by atoms with Gasteiger partial charge in [0.15, 0.2) is 0 Å². The molecular weight excluding hydrogens is 557 g/mol. The summed E-state index contributed by atoms with van der Waals surface area (Å²) in [6.45, 7) is 3.95. The van der Waals surface area contributed by atoms with Crippen LogP contribution in [0.25, 0.3) is 0 Å². The molecule has 214 valence electrons. The number of aromatic nitrogens is 1. The summed E-state index contributed by atoms with van der Waals surface area (Å²) >= 11 is 12.3. The van der Waals surface area contributed by atoms with E-state index in [9.17, 15) is 9.59 Å². The Bertz CT molecular complexity index is 1460. The Balaban J connectivity index is 1.57. The van der Waals surface area contributed by atoms with Crippen LogP contribution in [0.15, 0.2) is 91.1 Å². The van der Waals surface area contributed by atoms with Crippen LogP contribution in [0.4, 0.5) is 0 Å². The van der Waals surface area contributed by atoms with Crippen molar-refractivity contribution in [1.29, 1.82) is 0 Å². The average molecular weight is 593 g/mol. The van der Waals surface area contributed by atoms with Crippen LogP contribution < -0.4 is 4.74 Å². The standard InChI is InChI=1S/C33H35Cl2N3O3/c1-3-4-17-37(33(40)27-15-16-30(34)31(35)20-27)24-32(39)38(21-25-10-6-5-7-11-25)23-28-13-9-18-36(28)22-26-12-8-14-29(19-26)41-2/h5-16,18-20H,3-4,17,21-24H2,1-2H3. The van der Waals surface area contributed by atoms with E-state index < -0.39 is 0 Å². The molecule has 0 bridgehead atoms. The molecule has 0 saturated carbocycles. The van der Waals surface area contributed by atoms with E-state index in [1.54, 1.807) is 30.2 Å². The van der Waals surface area contributed by atoms with Gasteiger partial charge < -0.3 is 19.1 Å². The normalized spacial score (nSPS) is 10.8. The van der Waals surface area contributed by atoms with E-state index in [0.29, 0.717) is 41.8 Å². The number of benzene rings is 3. The molecule has 0 aliphatic heterocycles. The Morgan fingerprint density at radius 1 is 0.829 bits per heavy atom. The highest BCUT2D eigenvalue weighted by Gasteiger charge is 2.24. The van der Waals surface area contributed by atoms with Crippen LogP contribution >= 0.6 is 23.2 Å². The first-order valence-electron chi connectivity index (χ1n) is 13.7. The number of unbranched alkanes of at least 4 members (excludes halogenated alkanes) is 1. The minimum Gasteiger partial charge on any atom is -0.497 e. The number of amides is 2. The molecule has 41 heavy (non-hydrogen) atoms. The Labute approximate surface area is 252 Å². The molecule has 1 aromatic heterocycles. The maximum Gasteiger partial charge on any atom is 0.254 e. The fourth-order valence-corrected chi connectivity index (χ4v) is 4.92. The highest BCUT2D eigenvalue weighted by Crippen LogP contribution is 2.24. The first kappa shape index (κ1) is 30.2. The maximum atomic E-state index is 13.9. The summed E-state index contributed by atoms with van der Waals surface area (Å²) in [5, 5.41) is 0.687. The van der Waals surface area contributed by atoms with Crippen LogP contribution in [-0.4, -0.2) is 46.4 Å². The van der Waals surface area contributed by atoms with Gasteiger partial charge in [0.25, 0.3) is 5.91 Å². The molecular formula is C33H35Cl2N3O3. The number of rotatable bonds is 13. The predicted molar refractivity (Wildman–Crippen MR) is 164 cm³/mol. The maximum absolute atomic E-state index is 13.9. The number of carbonyl (C=O) groups is 2. The molecule has 1 heterocycles. The Hall–Kier alpha value is -3.74. The van der Waals surface area contributed by atoms with E-state index >= 15 is 0 Å². The Morgan fingerprint density at radius 2 is 1.61 bits per heavy atom. The first-order valence-corrected chi connectivity index (χ1v) is 14.5. The van der Waals surface area contributed by atoms with Crippen LogP contribution in [0.2, 0.25) is 10.0 Å². The number of nitrogens with zero attached hydrogens (tertiary/aromatic N) is 3. The van der Waals surface area contributed by atoms with Gasteiger partial charge in [0.2, 0.25) is 5.91 Å². The van der Waals surface area contributed by atoms with Crippen LogP contribution in [0.5, 0.6) is 5.75 Å². The number of hydrogen-bond acceptors (Lipinski definition) is 3. The second-order valence-electron chi connectivity index (χ2n) is 9.92. The van der Waals surface area contributed by atoms with Crippen molar-refractivity contribution in [1.82, 2.24) is 14.4 Å². The van der Waals surface area contributed by atoms with Crippen molar-refractivity contribution in [2.75, 3.05) is 20.2 Å². The zero-order chi connectivity index (χ0) is 29.2. The van der Waals surface area contributed by atoms with Crippen molar-refractivity contribution in [3.05, 3.63) is 124 Å². The van der Waals surface area contributed by atoms with Gasteiger partial charge in [-0.3, -0.25) is 9.59 Å². The van der Waals surface area contributed by atoms with Gasteiger partial charge in [0.05, 0.1) is 23.7 Å². The highest BCUT2D eigenvalue weighted by atomic mass is 35.5. The molecule has 0 N–H and O–H groups in total. The molecule has 0 saturated heterocycles. The second-order valence-corrected chi connectivity index (χ2v) is 10.7. The predicted octanol–water partition coefficient (Wildman–Crippen LogP) is 7.32. The molecule has 6 nitrogen and oxygen atoms in total. The molecule has 3 aromatic carbocycles. The van der Waals surface area contributed by atoms with E-state index in [1.807, 2.05) is 71.8 Å². The lowest BCUT2D eigenvalue weighted by Gasteiger charge is -2.28. The molecule has 0 spiro atoms. The Morgan fingerprint density at radius 3 is 2.34 bits per heavy atom. The molecule has 0 unspecified atom stereocenters. The molecule has 2 amide bonds. The largest absolute Gasteiger partial charge is 0.497 e. The van der Waals surface area contributed by atoms with Crippen molar-refractivity contribution < 1.29 is 14.3 Å². The van der Waals surface area contributed by atoms with E-state index in [0.717, 1.165) is 35.4 Å². The quantitative estimate of drug-likeness (QED) is 0.164. The first-order chi connectivity index (χ1) is 19.9. The fourth-order valence-electron chi connectivity index (χ4n) is 4.62. The van der Waals surface area contributed by atoms with Crippen molar-refractivity contribution in [2.24, 2.45) is 0 Å². The van der Waals surface area contributed by atoms with Crippen LogP contribution in [0, 0.1) is 0 Å². The highest BCUT2D eigenvalue weighted by molar-refractivity contribution is 6.42. The minimum absolute atomic E-state index is 0.0392. The Kier molecular flexibility index (Phi) is 10.9. The summed E-state index contributed by atoms with van der Waals surface area (Å²) in [5.74, 6) is 0.426. The van der Waals surface area contributed by atoms with E-state index in [1.165, 1.54) is 0 Å². The SMILES string of the molecule is CCCCN(CC(=O)N(Cc1ccccc1)Cc1cccn1Cc1cccc(OC)c1)C(=O)c1ccc(Cl)c(Cl)c1. The fraction of sp³-hybridized carbons (Fsp3) is 0.273. The third-order valence-corrected chi connectivity index (χ3v) is 7.63. The summed E-state index contributed by atoms with van der Waals surface area (Å²) in [5.41, 5.74) is 3.52. The smallest absolute Gasteiger partial charge is 0.254 e. The van der Waals surface area contributed by atoms with E-state index in [-0.39, 0.29) is 18.4 Å². The summed E-state index contributed by atoms with van der Waals surface area (Å²) in [4.78, 5) is 30.8. The number of ether oxygens (including phenoxy) is 1. The third-order valence-electron chi connectivity index (χ3n) is 6.89. The topological polar surface area (TPSA) is 54.8 Å². The van der Waals surface area contributed by atoms with Crippen LogP contribution in [-0.2, 0) is 24.4 Å². The molecule has 0 atom stereocenters. The summed E-state index contributed by atoms with van der Waals surface area (Å²) in [6.07, 6.45) is 3.69. The third kappa shape index (κ3) is 8.38. The van der Waals surface area contributed by atoms with Gasteiger partial charge in [-0.25, -0.2) is 0 Å². The van der Waals surface area contributed by atoms with Crippen molar-refractivity contribution in [3.63, 3.8) is 0 Å². The van der Waals surface area contributed by atoms with Crippen LogP contribution in [0.3, 0.4) is 0 Å². The van der Waals surface area contributed by atoms with Gasteiger partial charge >= 0.3 is 0 Å². The van der Waals surface area contributed by atoms with Gasteiger partial charge in [-0.05, 0) is 60.0 Å². The summed E-state index contributed by atoms with van der Waals surface area (Å²) < 4.78 is 7.52. The van der Waals surface area contributed by atoms with E-state index in [2.05, 4.69) is 17.6 Å². The average Bonchev–Trinajstić information content (AvgIpc) is 3.42. The van der Waals surface area contributed by atoms with Gasteiger partial charge in [0.1, 0.15) is 12.3 Å². The number of hydrogen-bond donors (Lipinski definition) is 0. The zero-order valence-corrected chi connectivity index (χ0v) is 24.9. The van der Waals surface area contributed by atoms with Crippen molar-refractivity contribution in [2.45, 2.75) is 39.4 Å². The molecule has 0 aliphatic carbocycles. The van der Waals surface area contributed by atoms with Gasteiger partial charge in [0, 0.05) is 37.1 Å². The number of methoxy groups -OCH3 is 1. The lowest BCUT2D eigenvalue weighted by Crippen LogP contribution is -2.43. The molecule has 4 rings (SSSR count). The van der Waals surface area contributed by atoms with Gasteiger partial charge in [-0.2, -0.15) is 0 Å². The summed E-state index contributed by atoms with van der Waals surface area (Å²) in [6, 6.07) is 26.7. The van der Waals surface area contributed by atoms with E-state index in [4.69, 9.17) is 27.9 Å². The van der Waals surface area contributed by atoms with Gasteiger partial charge in [-0.1, -0.05) is 79.0 Å². The summed E-state index contributed by atoms with van der Waals surface area (Å²) in [7, 11) is 1.66.